The van der Waals surface area contributed by atoms with Crippen molar-refractivity contribution in [3.05, 3.63) is 57.8 Å². The molecule has 0 saturated carbocycles. The second kappa shape index (κ2) is 6.37. The largest absolute Gasteiger partial charge is 0.340 e. The highest BCUT2D eigenvalue weighted by Crippen LogP contribution is 2.31. The average molecular weight is 385 g/mol. The van der Waals surface area contributed by atoms with Gasteiger partial charge in [0.2, 0.25) is 0 Å². The normalized spacial score (nSPS) is 13.3. The van der Waals surface area contributed by atoms with Crippen LogP contribution in [-0.2, 0) is 14.3 Å². The number of nitrogens with zero attached hydrogens (tertiary/aromatic N) is 1. The maximum absolute atomic E-state index is 12.5. The van der Waals surface area contributed by atoms with E-state index in [1.807, 2.05) is 24.3 Å². The van der Waals surface area contributed by atoms with Crippen LogP contribution in [0.4, 0.5) is 0 Å². The fourth-order valence-electron chi connectivity index (χ4n) is 2.27. The molecule has 1 N–H and O–H groups in total. The predicted molar refractivity (Wildman–Crippen MR) is 94.0 cm³/mol. The van der Waals surface area contributed by atoms with Crippen LogP contribution in [0.25, 0.3) is 11.0 Å². The van der Waals surface area contributed by atoms with Gasteiger partial charge in [0.1, 0.15) is 16.8 Å². The maximum atomic E-state index is 12.5. The summed E-state index contributed by atoms with van der Waals surface area (Å²) in [5.41, 5.74) is 2.14. The smallest absolute Gasteiger partial charge is 0.299 e. The van der Waals surface area contributed by atoms with Crippen LogP contribution in [0.5, 0.6) is 0 Å². The summed E-state index contributed by atoms with van der Waals surface area (Å²) in [6.45, 7) is 3.30. The van der Waals surface area contributed by atoms with Crippen LogP contribution in [0.15, 0.2) is 41.3 Å². The third kappa shape index (κ3) is 3.28. The predicted octanol–water partition coefficient (Wildman–Crippen LogP) is 4.64. The van der Waals surface area contributed by atoms with Crippen molar-refractivity contribution >= 4 is 44.4 Å². The molecule has 0 fully saturated rings. The number of aryl methyl sites for hydroxylation is 1. The number of aromatic nitrogens is 2. The lowest BCUT2D eigenvalue weighted by atomic mass is 10.2. The number of fused-ring (bicyclic) bond motifs is 1. The standard InChI is InChI=1S/C16H14Cl2N2O3S/c1-9-7-15(12(18)8-11(9)17)24(21,22)23-10(2)16-19-13-5-3-4-6-14(13)20-16/h3-8,10H,1-2H3,(H,19,20)/t10-/m1/s1. The van der Waals surface area contributed by atoms with E-state index in [-0.39, 0.29) is 9.92 Å². The Balaban J connectivity index is 1.92. The summed E-state index contributed by atoms with van der Waals surface area (Å²) < 4.78 is 30.3. The fourth-order valence-corrected chi connectivity index (χ4v) is 4.14. The molecule has 3 aromatic rings. The van der Waals surface area contributed by atoms with Crippen molar-refractivity contribution in [2.24, 2.45) is 0 Å². The molecule has 0 saturated heterocycles. The lowest BCUT2D eigenvalue weighted by Crippen LogP contribution is -2.12. The van der Waals surface area contributed by atoms with Crippen LogP contribution >= 0.6 is 23.2 Å². The minimum absolute atomic E-state index is 0.0161. The second-order valence-corrected chi connectivity index (χ2v) is 7.72. The number of hydrogen-bond acceptors (Lipinski definition) is 4. The summed E-state index contributed by atoms with van der Waals surface area (Å²) in [7, 11) is -4.07. The third-order valence-corrected chi connectivity index (χ3v) is 5.80. The summed E-state index contributed by atoms with van der Waals surface area (Å²) in [6.07, 6.45) is -0.797. The molecule has 0 radical (unpaired) electrons. The van der Waals surface area contributed by atoms with E-state index < -0.39 is 16.2 Å². The molecule has 3 rings (SSSR count). The minimum Gasteiger partial charge on any atom is -0.340 e. The first-order valence-corrected chi connectivity index (χ1v) is 9.28. The molecule has 1 aromatic heterocycles. The van der Waals surface area contributed by atoms with Crippen molar-refractivity contribution in [2.75, 3.05) is 0 Å². The number of para-hydroxylation sites is 2. The van der Waals surface area contributed by atoms with Crippen LogP contribution in [0, 0.1) is 6.92 Å². The fraction of sp³-hybridized carbons (Fsp3) is 0.188. The molecule has 0 aliphatic heterocycles. The molecular weight excluding hydrogens is 371 g/mol. The van der Waals surface area contributed by atoms with Crippen LogP contribution < -0.4 is 0 Å². The first-order valence-electron chi connectivity index (χ1n) is 7.11. The van der Waals surface area contributed by atoms with E-state index in [4.69, 9.17) is 27.4 Å². The van der Waals surface area contributed by atoms with Crippen molar-refractivity contribution in [3.63, 3.8) is 0 Å². The van der Waals surface area contributed by atoms with Gasteiger partial charge in [-0.1, -0.05) is 35.3 Å². The monoisotopic (exact) mass is 384 g/mol. The van der Waals surface area contributed by atoms with Gasteiger partial charge in [-0.05, 0) is 43.7 Å². The Kier molecular flexibility index (Phi) is 4.57. The summed E-state index contributed by atoms with van der Waals surface area (Å²) in [5.74, 6) is 0.418. The first-order chi connectivity index (χ1) is 11.3. The number of imidazole rings is 1. The molecule has 0 bridgehead atoms. The molecular formula is C16H14Cl2N2O3S. The highest BCUT2D eigenvalue weighted by molar-refractivity contribution is 7.86. The minimum atomic E-state index is -4.07. The van der Waals surface area contributed by atoms with Crippen molar-refractivity contribution in [1.82, 2.24) is 9.97 Å². The van der Waals surface area contributed by atoms with Gasteiger partial charge in [-0.25, -0.2) is 4.98 Å². The van der Waals surface area contributed by atoms with Gasteiger partial charge in [-0.3, -0.25) is 4.18 Å². The first kappa shape index (κ1) is 17.2. The van der Waals surface area contributed by atoms with Gasteiger partial charge in [0, 0.05) is 5.02 Å². The topological polar surface area (TPSA) is 72.1 Å². The highest BCUT2D eigenvalue weighted by Gasteiger charge is 2.25. The molecule has 0 aliphatic rings. The van der Waals surface area contributed by atoms with E-state index in [0.29, 0.717) is 16.4 Å². The van der Waals surface area contributed by atoms with Gasteiger partial charge < -0.3 is 4.98 Å². The van der Waals surface area contributed by atoms with Crippen LogP contribution in [0.1, 0.15) is 24.4 Å². The van der Waals surface area contributed by atoms with E-state index >= 15 is 0 Å². The Bertz CT molecular complexity index is 982. The summed E-state index contributed by atoms with van der Waals surface area (Å²) >= 11 is 12.0. The lowest BCUT2D eigenvalue weighted by molar-refractivity contribution is 0.225. The molecule has 0 amide bonds. The Labute approximate surface area is 149 Å². The van der Waals surface area contributed by atoms with Gasteiger partial charge in [0.25, 0.3) is 10.1 Å². The Morgan fingerprint density at radius 1 is 1.17 bits per heavy atom. The zero-order chi connectivity index (χ0) is 17.5. The van der Waals surface area contributed by atoms with Crippen LogP contribution in [0.2, 0.25) is 10.0 Å². The van der Waals surface area contributed by atoms with Crippen molar-refractivity contribution in [1.29, 1.82) is 0 Å². The van der Waals surface area contributed by atoms with Gasteiger partial charge in [0.05, 0.1) is 16.1 Å². The number of H-pyrrole nitrogens is 1. The average Bonchev–Trinajstić information content (AvgIpc) is 2.94. The molecule has 2 aromatic carbocycles. The summed E-state index contributed by atoms with van der Waals surface area (Å²) in [4.78, 5) is 7.28. The number of aromatic amines is 1. The van der Waals surface area contributed by atoms with Crippen molar-refractivity contribution in [3.8, 4) is 0 Å². The summed E-state index contributed by atoms with van der Waals surface area (Å²) in [5, 5.41) is 0.409. The number of benzene rings is 2. The molecule has 24 heavy (non-hydrogen) atoms. The van der Waals surface area contributed by atoms with Gasteiger partial charge in [-0.2, -0.15) is 8.42 Å². The van der Waals surface area contributed by atoms with Crippen LogP contribution in [0.3, 0.4) is 0 Å². The highest BCUT2D eigenvalue weighted by atomic mass is 35.5. The second-order valence-electron chi connectivity index (χ2n) is 5.36. The van der Waals surface area contributed by atoms with E-state index in [1.54, 1.807) is 13.8 Å². The van der Waals surface area contributed by atoms with Crippen molar-refractivity contribution < 1.29 is 12.6 Å². The molecule has 0 unspecified atom stereocenters. The SMILES string of the molecule is Cc1cc(S(=O)(=O)O[C@H](C)c2nc3ccccc3[nH]2)c(Cl)cc1Cl. The van der Waals surface area contributed by atoms with Gasteiger partial charge in [0.15, 0.2) is 0 Å². The molecule has 126 valence electrons. The van der Waals surface area contributed by atoms with Crippen molar-refractivity contribution in [2.45, 2.75) is 24.8 Å². The third-order valence-electron chi connectivity index (χ3n) is 3.55. The number of hydrogen-bond donors (Lipinski definition) is 1. The van der Waals surface area contributed by atoms with E-state index in [9.17, 15) is 8.42 Å². The Morgan fingerprint density at radius 2 is 1.88 bits per heavy atom. The molecule has 1 heterocycles. The quantitative estimate of drug-likeness (QED) is 0.664. The van der Waals surface area contributed by atoms with Gasteiger partial charge >= 0.3 is 0 Å². The maximum Gasteiger partial charge on any atom is 0.299 e. The molecule has 8 heteroatoms. The molecule has 5 nitrogen and oxygen atoms in total. The Morgan fingerprint density at radius 3 is 2.58 bits per heavy atom. The molecule has 0 aliphatic carbocycles. The van der Waals surface area contributed by atoms with E-state index in [2.05, 4.69) is 9.97 Å². The number of rotatable bonds is 4. The Hall–Kier alpha value is -1.60. The zero-order valence-electron chi connectivity index (χ0n) is 12.9. The number of nitrogens with one attached hydrogen (secondary N) is 1. The molecule has 0 spiro atoms. The van der Waals surface area contributed by atoms with Crippen LogP contribution in [-0.4, -0.2) is 18.4 Å². The van der Waals surface area contributed by atoms with E-state index in [1.165, 1.54) is 12.1 Å². The summed E-state index contributed by atoms with van der Waals surface area (Å²) in [6, 6.07) is 10.2. The molecule has 1 atom stereocenters. The van der Waals surface area contributed by atoms with Gasteiger partial charge in [-0.15, -0.1) is 0 Å². The van der Waals surface area contributed by atoms with E-state index in [0.717, 1.165) is 11.0 Å². The lowest BCUT2D eigenvalue weighted by Gasteiger charge is -2.13. The zero-order valence-corrected chi connectivity index (χ0v) is 15.2. The number of halogens is 2.